The van der Waals surface area contributed by atoms with Crippen LogP contribution < -0.4 is 5.32 Å². The number of carboxylic acid groups (broad SMARTS) is 1. The molecule has 2 aliphatic rings. The van der Waals surface area contributed by atoms with E-state index in [-0.39, 0.29) is 0 Å². The van der Waals surface area contributed by atoms with Gasteiger partial charge in [-0.25, -0.2) is 0 Å². The highest BCUT2D eigenvalue weighted by Gasteiger charge is 2.47. The van der Waals surface area contributed by atoms with Gasteiger partial charge in [-0.3, -0.25) is 10.1 Å². The van der Waals surface area contributed by atoms with Gasteiger partial charge in [-0.05, 0) is 55.4 Å². The van der Waals surface area contributed by atoms with E-state index in [0.29, 0.717) is 12.0 Å². The zero-order valence-corrected chi connectivity index (χ0v) is 12.7. The number of hydrogen-bond acceptors (Lipinski definition) is 3. The summed E-state index contributed by atoms with van der Waals surface area (Å²) in [5, 5.41) is 15.1. The fourth-order valence-corrected chi connectivity index (χ4v) is 4.61. The van der Waals surface area contributed by atoms with Crippen LogP contribution in [0.3, 0.4) is 0 Å². The van der Waals surface area contributed by atoms with E-state index in [1.165, 1.54) is 30.6 Å². The van der Waals surface area contributed by atoms with Crippen molar-refractivity contribution in [2.45, 2.75) is 63.5 Å². The van der Waals surface area contributed by atoms with Gasteiger partial charge in [0.25, 0.3) is 0 Å². The molecular formula is C16H23NO2S. The maximum atomic E-state index is 11.8. The van der Waals surface area contributed by atoms with Crippen molar-refractivity contribution < 1.29 is 9.90 Å². The molecule has 0 aliphatic heterocycles. The molecule has 110 valence electrons. The minimum absolute atomic E-state index is 0.476. The van der Waals surface area contributed by atoms with Crippen LogP contribution in [0.5, 0.6) is 0 Å². The molecule has 1 aromatic rings. The molecule has 0 bridgehead atoms. The third-order valence-electron chi connectivity index (χ3n) is 5.42. The molecule has 0 unspecified atom stereocenters. The van der Waals surface area contributed by atoms with Crippen LogP contribution in [0.2, 0.25) is 0 Å². The van der Waals surface area contributed by atoms with Gasteiger partial charge in [-0.1, -0.05) is 18.9 Å². The normalized spacial score (nSPS) is 24.0. The molecule has 3 rings (SSSR count). The van der Waals surface area contributed by atoms with Crippen LogP contribution in [0.15, 0.2) is 17.5 Å². The average Bonchev–Trinajstić information content (AvgIpc) is 3.10. The van der Waals surface area contributed by atoms with Crippen molar-refractivity contribution >= 4 is 17.3 Å². The highest BCUT2D eigenvalue weighted by molar-refractivity contribution is 7.09. The first-order valence-electron chi connectivity index (χ1n) is 7.65. The fraction of sp³-hybridized carbons (Fsp3) is 0.688. The first-order valence-corrected chi connectivity index (χ1v) is 8.53. The van der Waals surface area contributed by atoms with Gasteiger partial charge < -0.3 is 5.11 Å². The van der Waals surface area contributed by atoms with Gasteiger partial charge in [0, 0.05) is 11.4 Å². The molecule has 2 N–H and O–H groups in total. The van der Waals surface area contributed by atoms with E-state index >= 15 is 0 Å². The molecule has 3 nitrogen and oxygen atoms in total. The predicted molar refractivity (Wildman–Crippen MR) is 80.9 cm³/mol. The van der Waals surface area contributed by atoms with Crippen molar-refractivity contribution in [1.29, 1.82) is 0 Å². The molecule has 2 saturated carbocycles. The zero-order chi connectivity index (χ0) is 14.1. The van der Waals surface area contributed by atoms with Crippen LogP contribution in [-0.2, 0) is 11.3 Å². The van der Waals surface area contributed by atoms with Crippen LogP contribution >= 0.6 is 11.3 Å². The summed E-state index contributed by atoms with van der Waals surface area (Å²) in [6, 6.07) is 4.08. The van der Waals surface area contributed by atoms with Gasteiger partial charge in [-0.2, -0.15) is 0 Å². The molecule has 1 heterocycles. The van der Waals surface area contributed by atoms with Gasteiger partial charge in [0.2, 0.25) is 0 Å². The van der Waals surface area contributed by atoms with Crippen LogP contribution in [0, 0.1) is 5.41 Å². The molecule has 0 atom stereocenters. The second kappa shape index (κ2) is 5.49. The Hall–Kier alpha value is -0.870. The SMILES string of the molecule is O=C(O)C1(NCc2cccs2)CCC2(CCCC2)CC1. The number of nitrogens with one attached hydrogen (secondary N) is 1. The lowest BCUT2D eigenvalue weighted by Gasteiger charge is -2.43. The second-order valence-corrected chi connectivity index (χ2v) is 7.56. The van der Waals surface area contributed by atoms with E-state index in [1.54, 1.807) is 11.3 Å². The maximum Gasteiger partial charge on any atom is 0.323 e. The molecule has 0 radical (unpaired) electrons. The van der Waals surface area contributed by atoms with Crippen molar-refractivity contribution in [1.82, 2.24) is 5.32 Å². The lowest BCUT2D eigenvalue weighted by atomic mass is 9.66. The summed E-state index contributed by atoms with van der Waals surface area (Å²) in [6.07, 6.45) is 9.03. The Labute approximate surface area is 124 Å². The van der Waals surface area contributed by atoms with E-state index in [0.717, 1.165) is 25.7 Å². The van der Waals surface area contributed by atoms with Crippen LogP contribution in [0.4, 0.5) is 0 Å². The highest BCUT2D eigenvalue weighted by Crippen LogP contribution is 2.51. The minimum Gasteiger partial charge on any atom is -0.480 e. The zero-order valence-electron chi connectivity index (χ0n) is 11.9. The predicted octanol–water partition coefficient (Wildman–Crippen LogP) is 3.80. The third kappa shape index (κ3) is 2.63. The molecule has 1 aromatic heterocycles. The van der Waals surface area contributed by atoms with E-state index in [9.17, 15) is 9.90 Å². The highest BCUT2D eigenvalue weighted by atomic mass is 32.1. The third-order valence-corrected chi connectivity index (χ3v) is 6.30. The summed E-state index contributed by atoms with van der Waals surface area (Å²) in [7, 11) is 0. The summed E-state index contributed by atoms with van der Waals surface area (Å²) in [6.45, 7) is 0.678. The van der Waals surface area contributed by atoms with Gasteiger partial charge in [0.05, 0.1) is 0 Å². The van der Waals surface area contributed by atoms with Gasteiger partial charge in [0.1, 0.15) is 5.54 Å². The van der Waals surface area contributed by atoms with Crippen molar-refractivity contribution in [2.75, 3.05) is 0 Å². The fourth-order valence-electron chi connectivity index (χ4n) is 3.97. The quantitative estimate of drug-likeness (QED) is 0.888. The minimum atomic E-state index is -0.697. The first kappa shape index (κ1) is 14.1. The number of hydrogen-bond donors (Lipinski definition) is 2. The van der Waals surface area contributed by atoms with Crippen molar-refractivity contribution in [3.05, 3.63) is 22.4 Å². The number of aliphatic carboxylic acids is 1. The molecule has 0 saturated heterocycles. The number of carbonyl (C=O) groups is 1. The molecule has 2 aliphatic carbocycles. The van der Waals surface area contributed by atoms with Gasteiger partial charge in [0.15, 0.2) is 0 Å². The Balaban J connectivity index is 1.65. The van der Waals surface area contributed by atoms with Crippen molar-refractivity contribution in [3.63, 3.8) is 0 Å². The number of thiophene rings is 1. The standard InChI is InChI=1S/C16H23NO2S/c18-14(19)16(17-12-13-4-3-11-20-13)9-7-15(8-10-16)5-1-2-6-15/h3-4,11,17H,1-2,5-10,12H2,(H,18,19). The van der Waals surface area contributed by atoms with Crippen molar-refractivity contribution in [2.24, 2.45) is 5.41 Å². The lowest BCUT2D eigenvalue weighted by molar-refractivity contribution is -0.147. The van der Waals surface area contributed by atoms with Crippen molar-refractivity contribution in [3.8, 4) is 0 Å². The monoisotopic (exact) mass is 293 g/mol. The summed E-state index contributed by atoms with van der Waals surface area (Å²) < 4.78 is 0. The Morgan fingerprint density at radius 3 is 2.45 bits per heavy atom. The van der Waals surface area contributed by atoms with E-state index in [2.05, 4.69) is 11.4 Å². The van der Waals surface area contributed by atoms with Crippen LogP contribution in [0.1, 0.15) is 56.2 Å². The summed E-state index contributed by atoms with van der Waals surface area (Å²) >= 11 is 1.69. The molecule has 4 heteroatoms. The topological polar surface area (TPSA) is 49.3 Å². The summed E-state index contributed by atoms with van der Waals surface area (Å²) in [5.74, 6) is -0.665. The molecule has 0 amide bonds. The second-order valence-electron chi connectivity index (χ2n) is 6.53. The molecule has 2 fully saturated rings. The Kier molecular flexibility index (Phi) is 3.87. The number of carboxylic acids is 1. The molecule has 0 aromatic carbocycles. The average molecular weight is 293 g/mol. The Morgan fingerprint density at radius 1 is 1.20 bits per heavy atom. The van der Waals surface area contributed by atoms with Crippen LogP contribution in [-0.4, -0.2) is 16.6 Å². The van der Waals surface area contributed by atoms with E-state index in [1.807, 2.05) is 11.4 Å². The summed E-state index contributed by atoms with van der Waals surface area (Å²) in [5.41, 5.74) is -0.221. The summed E-state index contributed by atoms with van der Waals surface area (Å²) in [4.78, 5) is 13.0. The molecule has 20 heavy (non-hydrogen) atoms. The number of rotatable bonds is 4. The van der Waals surface area contributed by atoms with Gasteiger partial charge >= 0.3 is 5.97 Å². The van der Waals surface area contributed by atoms with E-state index < -0.39 is 11.5 Å². The first-order chi connectivity index (χ1) is 9.64. The lowest BCUT2D eigenvalue weighted by Crippen LogP contribution is -2.55. The van der Waals surface area contributed by atoms with Crippen LogP contribution in [0.25, 0.3) is 0 Å². The molecular weight excluding hydrogens is 270 g/mol. The van der Waals surface area contributed by atoms with E-state index in [4.69, 9.17) is 0 Å². The smallest absolute Gasteiger partial charge is 0.323 e. The van der Waals surface area contributed by atoms with Gasteiger partial charge in [-0.15, -0.1) is 11.3 Å². The largest absolute Gasteiger partial charge is 0.480 e. The molecule has 1 spiro atoms. The Bertz CT molecular complexity index is 453. The Morgan fingerprint density at radius 2 is 1.90 bits per heavy atom. The maximum absolute atomic E-state index is 11.8.